The van der Waals surface area contributed by atoms with Gasteiger partial charge in [0.1, 0.15) is 10.0 Å². The van der Waals surface area contributed by atoms with Crippen molar-refractivity contribution in [2.45, 2.75) is 13.2 Å². The summed E-state index contributed by atoms with van der Waals surface area (Å²) in [4.78, 5) is 0. The average molecular weight is 310 g/mol. The quantitative estimate of drug-likeness (QED) is 0.488. The van der Waals surface area contributed by atoms with E-state index in [0.29, 0.717) is 0 Å². The molecule has 0 saturated carbocycles. The van der Waals surface area contributed by atoms with Crippen molar-refractivity contribution in [3.63, 3.8) is 0 Å². The van der Waals surface area contributed by atoms with Gasteiger partial charge in [0.15, 0.2) is 12.0 Å². The second-order valence-electron chi connectivity index (χ2n) is 2.62. The molecule has 1 aromatic rings. The van der Waals surface area contributed by atoms with Crippen LogP contribution in [0.2, 0.25) is 25.1 Å². The molecule has 0 fully saturated rings. The standard InChI is InChI=1S/C8H5Cl5O2/c1-2(14)15-8-6(12)4(10)3(9)5(11)7(8)13/h2,14H,1H3. The zero-order chi connectivity index (χ0) is 11.7. The van der Waals surface area contributed by atoms with Crippen LogP contribution < -0.4 is 4.74 Å². The fraction of sp³-hybridized carbons (Fsp3) is 0.250. The van der Waals surface area contributed by atoms with Gasteiger partial charge >= 0.3 is 0 Å². The van der Waals surface area contributed by atoms with Gasteiger partial charge in [-0.1, -0.05) is 58.0 Å². The van der Waals surface area contributed by atoms with E-state index < -0.39 is 6.29 Å². The van der Waals surface area contributed by atoms with Crippen molar-refractivity contribution in [2.75, 3.05) is 0 Å². The predicted octanol–water partition coefficient (Wildman–Crippen LogP) is 4.67. The molecule has 1 rings (SSSR count). The topological polar surface area (TPSA) is 29.5 Å². The van der Waals surface area contributed by atoms with Crippen LogP contribution in [0, 0.1) is 0 Å². The van der Waals surface area contributed by atoms with E-state index >= 15 is 0 Å². The Bertz CT molecular complexity index is 362. The van der Waals surface area contributed by atoms with Gasteiger partial charge in [0.25, 0.3) is 0 Å². The highest BCUT2D eigenvalue weighted by Crippen LogP contribution is 2.48. The van der Waals surface area contributed by atoms with Gasteiger partial charge in [0.2, 0.25) is 0 Å². The third kappa shape index (κ3) is 2.76. The van der Waals surface area contributed by atoms with Gasteiger partial charge in [-0.05, 0) is 6.92 Å². The van der Waals surface area contributed by atoms with Crippen molar-refractivity contribution in [3.8, 4) is 5.75 Å². The Morgan fingerprint density at radius 3 is 1.53 bits per heavy atom. The highest BCUT2D eigenvalue weighted by atomic mass is 35.5. The van der Waals surface area contributed by atoms with Crippen molar-refractivity contribution in [3.05, 3.63) is 25.1 Å². The van der Waals surface area contributed by atoms with Crippen LogP contribution in [0.15, 0.2) is 0 Å². The van der Waals surface area contributed by atoms with E-state index in [2.05, 4.69) is 0 Å². The molecule has 84 valence electrons. The zero-order valence-corrected chi connectivity index (χ0v) is 11.1. The summed E-state index contributed by atoms with van der Waals surface area (Å²) in [6, 6.07) is 0. The van der Waals surface area contributed by atoms with Gasteiger partial charge in [0.05, 0.1) is 15.1 Å². The lowest BCUT2D eigenvalue weighted by atomic mass is 10.3. The fourth-order valence-corrected chi connectivity index (χ4v) is 2.07. The second-order valence-corrected chi connectivity index (χ2v) is 4.51. The van der Waals surface area contributed by atoms with Crippen molar-refractivity contribution in [2.24, 2.45) is 0 Å². The van der Waals surface area contributed by atoms with E-state index in [1.54, 1.807) is 0 Å². The summed E-state index contributed by atoms with van der Waals surface area (Å²) in [6.07, 6.45) is -1.09. The zero-order valence-electron chi connectivity index (χ0n) is 7.32. The minimum atomic E-state index is -1.09. The largest absolute Gasteiger partial charge is 0.462 e. The first kappa shape index (κ1) is 13.5. The summed E-state index contributed by atoms with van der Waals surface area (Å²) in [7, 11) is 0. The Labute approximate surface area is 112 Å². The number of aliphatic hydroxyl groups is 1. The number of rotatable bonds is 2. The normalized spacial score (nSPS) is 12.7. The maximum absolute atomic E-state index is 9.05. The highest BCUT2D eigenvalue weighted by molar-refractivity contribution is 6.55. The number of aliphatic hydroxyl groups excluding tert-OH is 1. The summed E-state index contributed by atoms with van der Waals surface area (Å²) >= 11 is 28.9. The number of benzene rings is 1. The number of halogens is 5. The summed E-state index contributed by atoms with van der Waals surface area (Å²) in [6.45, 7) is 1.39. The predicted molar refractivity (Wildman–Crippen MR) is 63.8 cm³/mol. The van der Waals surface area contributed by atoms with Crippen LogP contribution in [-0.4, -0.2) is 11.4 Å². The van der Waals surface area contributed by atoms with Crippen LogP contribution in [0.1, 0.15) is 6.92 Å². The van der Waals surface area contributed by atoms with Crippen molar-refractivity contribution >= 4 is 58.0 Å². The highest BCUT2D eigenvalue weighted by Gasteiger charge is 2.21. The van der Waals surface area contributed by atoms with Crippen molar-refractivity contribution in [1.82, 2.24) is 0 Å². The molecule has 0 saturated heterocycles. The summed E-state index contributed by atoms with van der Waals surface area (Å²) in [5, 5.41) is 9.18. The van der Waals surface area contributed by atoms with Gasteiger partial charge in [-0.25, -0.2) is 0 Å². The first-order chi connectivity index (χ1) is 6.86. The molecule has 0 aliphatic rings. The van der Waals surface area contributed by atoms with Gasteiger partial charge in [-0.2, -0.15) is 0 Å². The molecule has 0 aliphatic heterocycles. The van der Waals surface area contributed by atoms with Crippen LogP contribution in [0.3, 0.4) is 0 Å². The first-order valence-electron chi connectivity index (χ1n) is 3.72. The number of ether oxygens (including phenoxy) is 1. The molecule has 0 amide bonds. The molecule has 1 atom stereocenters. The van der Waals surface area contributed by atoms with Gasteiger partial charge in [-0.15, -0.1) is 0 Å². The van der Waals surface area contributed by atoms with E-state index in [4.69, 9.17) is 67.8 Å². The summed E-state index contributed by atoms with van der Waals surface area (Å²) in [5.41, 5.74) is 0. The molecule has 0 bridgehead atoms. The average Bonchev–Trinajstić information content (AvgIpc) is 2.18. The van der Waals surface area contributed by atoms with Crippen LogP contribution >= 0.6 is 58.0 Å². The van der Waals surface area contributed by atoms with Gasteiger partial charge in [0, 0.05) is 0 Å². The molecule has 1 unspecified atom stereocenters. The van der Waals surface area contributed by atoms with E-state index in [1.807, 2.05) is 0 Å². The number of hydrogen-bond acceptors (Lipinski definition) is 2. The third-order valence-electron chi connectivity index (χ3n) is 1.46. The molecular weight excluding hydrogens is 305 g/mol. The summed E-state index contributed by atoms with van der Waals surface area (Å²) in [5.74, 6) is 0.00716. The molecular formula is C8H5Cl5O2. The molecule has 0 aromatic heterocycles. The maximum atomic E-state index is 9.05. The van der Waals surface area contributed by atoms with E-state index in [9.17, 15) is 0 Å². The fourth-order valence-electron chi connectivity index (χ4n) is 0.859. The molecule has 0 radical (unpaired) electrons. The Hall–Kier alpha value is 0.430. The van der Waals surface area contributed by atoms with Crippen LogP contribution in [0.25, 0.3) is 0 Å². The lowest BCUT2D eigenvalue weighted by Crippen LogP contribution is -2.10. The molecule has 1 aromatic carbocycles. The van der Waals surface area contributed by atoms with Gasteiger partial charge < -0.3 is 9.84 Å². The molecule has 2 nitrogen and oxygen atoms in total. The maximum Gasteiger partial charge on any atom is 0.194 e. The first-order valence-corrected chi connectivity index (χ1v) is 5.61. The second kappa shape index (κ2) is 5.17. The molecule has 0 aliphatic carbocycles. The smallest absolute Gasteiger partial charge is 0.194 e. The summed E-state index contributed by atoms with van der Waals surface area (Å²) < 4.78 is 4.96. The Morgan fingerprint density at radius 1 is 0.867 bits per heavy atom. The molecule has 15 heavy (non-hydrogen) atoms. The monoisotopic (exact) mass is 308 g/mol. The van der Waals surface area contributed by atoms with E-state index in [0.717, 1.165) is 0 Å². The molecule has 0 spiro atoms. The third-order valence-corrected chi connectivity index (χ3v) is 3.70. The van der Waals surface area contributed by atoms with Crippen molar-refractivity contribution < 1.29 is 9.84 Å². The van der Waals surface area contributed by atoms with E-state index in [-0.39, 0.29) is 30.9 Å². The lowest BCUT2D eigenvalue weighted by molar-refractivity contribution is -0.000136. The minimum Gasteiger partial charge on any atom is -0.462 e. The molecule has 1 N–H and O–H groups in total. The Balaban J connectivity index is 3.39. The number of hydrogen-bond donors (Lipinski definition) is 1. The van der Waals surface area contributed by atoms with E-state index in [1.165, 1.54) is 6.92 Å². The Morgan fingerprint density at radius 2 is 1.20 bits per heavy atom. The van der Waals surface area contributed by atoms with Crippen LogP contribution in [0.4, 0.5) is 0 Å². The molecule has 0 heterocycles. The van der Waals surface area contributed by atoms with Crippen LogP contribution in [0.5, 0.6) is 5.75 Å². The SMILES string of the molecule is CC(O)Oc1c(Cl)c(Cl)c(Cl)c(Cl)c1Cl. The van der Waals surface area contributed by atoms with Crippen LogP contribution in [-0.2, 0) is 0 Å². The molecule has 7 heteroatoms. The lowest BCUT2D eigenvalue weighted by Gasteiger charge is -2.14. The minimum absolute atomic E-state index is 0.00716. The van der Waals surface area contributed by atoms with Crippen molar-refractivity contribution in [1.29, 1.82) is 0 Å². The van der Waals surface area contributed by atoms with Gasteiger partial charge in [-0.3, -0.25) is 0 Å². The Kier molecular flexibility index (Phi) is 4.65.